The number of nitrogens with one attached hydrogen (secondary N) is 1. The maximum atomic E-state index is 13.1. The molecule has 0 saturated heterocycles. The van der Waals surface area contributed by atoms with Gasteiger partial charge in [-0.15, -0.1) is 11.3 Å². The van der Waals surface area contributed by atoms with Crippen molar-refractivity contribution in [2.45, 2.75) is 17.1 Å². The first-order valence-electron chi connectivity index (χ1n) is 8.15. The van der Waals surface area contributed by atoms with Gasteiger partial charge in [0.15, 0.2) is 9.84 Å². The summed E-state index contributed by atoms with van der Waals surface area (Å²) in [7, 11) is -3.62. The van der Waals surface area contributed by atoms with E-state index in [-0.39, 0.29) is 17.3 Å². The second-order valence-corrected chi connectivity index (χ2v) is 9.05. The molecule has 1 amide bonds. The number of carbonyl (C=O) groups is 1. The van der Waals surface area contributed by atoms with Gasteiger partial charge in [-0.05, 0) is 42.6 Å². The van der Waals surface area contributed by atoms with Crippen LogP contribution in [0.1, 0.15) is 26.0 Å². The number of thiophene rings is 1. The third kappa shape index (κ3) is 4.03. The van der Waals surface area contributed by atoms with Gasteiger partial charge in [0.25, 0.3) is 5.91 Å². The van der Waals surface area contributed by atoms with Gasteiger partial charge in [-0.1, -0.05) is 42.0 Å². The fraction of sp³-hybridized carbons (Fsp3) is 0.150. The number of carbonyl (C=O) groups excluding carboxylic acids is 1. The van der Waals surface area contributed by atoms with Crippen LogP contribution in [0.4, 0.5) is 0 Å². The highest BCUT2D eigenvalue weighted by molar-refractivity contribution is 7.91. The molecule has 1 heterocycles. The van der Waals surface area contributed by atoms with E-state index in [1.165, 1.54) is 11.3 Å². The van der Waals surface area contributed by atoms with Crippen LogP contribution in [0.5, 0.6) is 0 Å². The molecule has 0 aliphatic carbocycles. The topological polar surface area (TPSA) is 63.2 Å². The van der Waals surface area contributed by atoms with Crippen LogP contribution >= 0.6 is 11.3 Å². The van der Waals surface area contributed by atoms with Crippen LogP contribution in [0.2, 0.25) is 0 Å². The molecular weight excluding hydrogens is 366 g/mol. The zero-order valence-electron chi connectivity index (χ0n) is 14.3. The second-order valence-electron chi connectivity index (χ2n) is 5.94. The predicted octanol–water partition coefficient (Wildman–Crippen LogP) is 4.00. The van der Waals surface area contributed by atoms with Gasteiger partial charge in [-0.2, -0.15) is 0 Å². The van der Waals surface area contributed by atoms with Crippen molar-refractivity contribution in [2.24, 2.45) is 0 Å². The number of hydrogen-bond donors (Lipinski definition) is 1. The number of sulfone groups is 1. The van der Waals surface area contributed by atoms with E-state index in [1.807, 2.05) is 24.4 Å². The molecule has 134 valence electrons. The molecule has 0 aliphatic heterocycles. The summed E-state index contributed by atoms with van der Waals surface area (Å²) in [5.74, 6) is -0.286. The fourth-order valence-corrected chi connectivity index (χ4v) is 5.39. The Morgan fingerprint density at radius 1 is 1.00 bits per heavy atom. The van der Waals surface area contributed by atoms with E-state index in [4.69, 9.17) is 0 Å². The SMILES string of the molecule is Cc1ccc(S(=O)(=O)[C@@H](CNC(=O)c2ccccc2)c2cccs2)cc1. The van der Waals surface area contributed by atoms with Crippen molar-refractivity contribution in [1.82, 2.24) is 5.32 Å². The summed E-state index contributed by atoms with van der Waals surface area (Å²) in [6.07, 6.45) is 0. The minimum atomic E-state index is -3.62. The molecule has 3 rings (SSSR count). The van der Waals surface area contributed by atoms with Crippen molar-refractivity contribution in [3.8, 4) is 0 Å². The van der Waals surface area contributed by atoms with Crippen molar-refractivity contribution in [3.63, 3.8) is 0 Å². The average molecular weight is 386 g/mol. The van der Waals surface area contributed by atoms with Crippen molar-refractivity contribution in [3.05, 3.63) is 88.1 Å². The molecule has 1 N–H and O–H groups in total. The first-order valence-corrected chi connectivity index (χ1v) is 10.6. The third-order valence-corrected chi connectivity index (χ3v) is 7.30. The summed E-state index contributed by atoms with van der Waals surface area (Å²) in [5, 5.41) is 3.78. The Morgan fingerprint density at radius 3 is 2.31 bits per heavy atom. The Kier molecular flexibility index (Phi) is 5.54. The smallest absolute Gasteiger partial charge is 0.251 e. The van der Waals surface area contributed by atoms with Crippen LogP contribution in [0.25, 0.3) is 0 Å². The molecule has 0 radical (unpaired) electrons. The Hall–Kier alpha value is -2.44. The van der Waals surface area contributed by atoms with E-state index in [1.54, 1.807) is 54.6 Å². The van der Waals surface area contributed by atoms with Crippen LogP contribution in [-0.4, -0.2) is 20.9 Å². The monoisotopic (exact) mass is 385 g/mol. The van der Waals surface area contributed by atoms with E-state index in [0.717, 1.165) is 5.56 Å². The lowest BCUT2D eigenvalue weighted by Gasteiger charge is -2.17. The van der Waals surface area contributed by atoms with E-state index in [2.05, 4.69) is 5.32 Å². The average Bonchev–Trinajstić information content (AvgIpc) is 3.17. The van der Waals surface area contributed by atoms with Gasteiger partial charge in [-0.25, -0.2) is 8.42 Å². The van der Waals surface area contributed by atoms with E-state index in [0.29, 0.717) is 10.4 Å². The number of benzene rings is 2. The lowest BCUT2D eigenvalue weighted by molar-refractivity contribution is 0.0953. The molecular formula is C20H19NO3S2. The zero-order valence-corrected chi connectivity index (χ0v) is 15.9. The summed E-state index contributed by atoms with van der Waals surface area (Å²) < 4.78 is 26.3. The van der Waals surface area contributed by atoms with Gasteiger partial charge in [0.05, 0.1) is 4.90 Å². The third-order valence-electron chi connectivity index (χ3n) is 4.07. The molecule has 26 heavy (non-hydrogen) atoms. The minimum absolute atomic E-state index is 0.0183. The Bertz CT molecular complexity index is 964. The molecule has 0 unspecified atom stereocenters. The number of hydrogen-bond acceptors (Lipinski definition) is 4. The van der Waals surface area contributed by atoms with Crippen LogP contribution < -0.4 is 5.32 Å². The first-order chi connectivity index (χ1) is 12.5. The Morgan fingerprint density at radius 2 is 1.69 bits per heavy atom. The summed E-state index contributed by atoms with van der Waals surface area (Å²) in [5.41, 5.74) is 1.50. The molecule has 1 aromatic heterocycles. The van der Waals surface area contributed by atoms with E-state index < -0.39 is 15.1 Å². The van der Waals surface area contributed by atoms with Gasteiger partial charge < -0.3 is 5.32 Å². The zero-order chi connectivity index (χ0) is 18.6. The molecule has 0 aliphatic rings. The lowest BCUT2D eigenvalue weighted by Crippen LogP contribution is -2.31. The summed E-state index contributed by atoms with van der Waals surface area (Å²) in [6.45, 7) is 1.93. The second kappa shape index (κ2) is 7.85. The largest absolute Gasteiger partial charge is 0.350 e. The molecule has 1 atom stereocenters. The van der Waals surface area contributed by atoms with Gasteiger partial charge in [0, 0.05) is 17.0 Å². The van der Waals surface area contributed by atoms with Crippen molar-refractivity contribution in [2.75, 3.05) is 6.54 Å². The summed E-state index contributed by atoms with van der Waals surface area (Å²) >= 11 is 1.37. The number of aryl methyl sites for hydroxylation is 1. The normalized spacial score (nSPS) is 12.5. The molecule has 0 fully saturated rings. The summed E-state index contributed by atoms with van der Waals surface area (Å²) in [4.78, 5) is 13.3. The molecule has 0 bridgehead atoms. The van der Waals surface area contributed by atoms with E-state index >= 15 is 0 Å². The standard InChI is InChI=1S/C20H19NO3S2/c1-15-9-11-17(12-10-15)26(23,24)19(18-8-5-13-25-18)14-21-20(22)16-6-3-2-4-7-16/h2-13,19H,14H2,1H3,(H,21,22)/t19-/m0/s1. The Labute approximate surface area is 157 Å². The molecule has 6 heteroatoms. The van der Waals surface area contributed by atoms with Crippen LogP contribution in [0, 0.1) is 6.92 Å². The lowest BCUT2D eigenvalue weighted by atomic mass is 10.2. The van der Waals surface area contributed by atoms with Crippen LogP contribution in [0.15, 0.2) is 77.0 Å². The van der Waals surface area contributed by atoms with Crippen LogP contribution in [-0.2, 0) is 9.84 Å². The highest BCUT2D eigenvalue weighted by atomic mass is 32.2. The molecule has 0 spiro atoms. The number of amides is 1. The highest BCUT2D eigenvalue weighted by Crippen LogP contribution is 2.31. The maximum absolute atomic E-state index is 13.1. The Balaban J connectivity index is 1.86. The summed E-state index contributed by atoms with van der Waals surface area (Å²) in [6, 6.07) is 19.2. The highest BCUT2D eigenvalue weighted by Gasteiger charge is 2.30. The molecule has 2 aromatic carbocycles. The number of rotatable bonds is 6. The van der Waals surface area contributed by atoms with Gasteiger partial charge in [-0.3, -0.25) is 4.79 Å². The van der Waals surface area contributed by atoms with E-state index in [9.17, 15) is 13.2 Å². The molecule has 3 aromatic rings. The quantitative estimate of drug-likeness (QED) is 0.697. The van der Waals surface area contributed by atoms with Crippen molar-refractivity contribution >= 4 is 27.1 Å². The first kappa shape index (κ1) is 18.4. The molecule has 0 saturated carbocycles. The predicted molar refractivity (Wildman–Crippen MR) is 104 cm³/mol. The van der Waals surface area contributed by atoms with Crippen LogP contribution in [0.3, 0.4) is 0 Å². The van der Waals surface area contributed by atoms with Gasteiger partial charge in [0.2, 0.25) is 0 Å². The fourth-order valence-electron chi connectivity index (χ4n) is 2.61. The van der Waals surface area contributed by atoms with Crippen molar-refractivity contribution in [1.29, 1.82) is 0 Å². The van der Waals surface area contributed by atoms with Gasteiger partial charge >= 0.3 is 0 Å². The minimum Gasteiger partial charge on any atom is -0.350 e. The maximum Gasteiger partial charge on any atom is 0.251 e. The van der Waals surface area contributed by atoms with Crippen molar-refractivity contribution < 1.29 is 13.2 Å². The molecule has 4 nitrogen and oxygen atoms in total. The van der Waals surface area contributed by atoms with Gasteiger partial charge in [0.1, 0.15) is 5.25 Å².